The number of unbranched alkanes of at least 4 members (excludes halogenated alkanes) is 2. The molecule has 0 aromatic heterocycles. The average molecular weight is 198 g/mol. The van der Waals surface area contributed by atoms with Crippen molar-refractivity contribution in [1.82, 2.24) is 0 Å². The van der Waals surface area contributed by atoms with Gasteiger partial charge in [0.1, 0.15) is 0 Å². The van der Waals surface area contributed by atoms with Crippen molar-refractivity contribution >= 4 is 0 Å². The first-order chi connectivity index (χ1) is 6.61. The summed E-state index contributed by atoms with van der Waals surface area (Å²) in [5, 5.41) is 0. The van der Waals surface area contributed by atoms with Crippen LogP contribution < -0.4 is 0 Å². The number of hydrogen-bond acceptors (Lipinski definition) is 0. The molecule has 0 aliphatic heterocycles. The van der Waals surface area contributed by atoms with Gasteiger partial charge < -0.3 is 0 Å². The van der Waals surface area contributed by atoms with E-state index >= 15 is 0 Å². The molecule has 0 nitrogen and oxygen atoms in total. The summed E-state index contributed by atoms with van der Waals surface area (Å²) >= 11 is 0. The predicted octanol–water partition coefficient (Wildman–Crippen LogP) is 5.28. The summed E-state index contributed by atoms with van der Waals surface area (Å²) in [6.45, 7) is 11.3. The van der Waals surface area contributed by atoms with Gasteiger partial charge in [0.2, 0.25) is 0 Å². The van der Waals surface area contributed by atoms with E-state index < -0.39 is 0 Å². The summed E-state index contributed by atoms with van der Waals surface area (Å²) < 4.78 is 0. The first kappa shape index (κ1) is 14.0. The van der Waals surface area contributed by atoms with E-state index in [0.717, 1.165) is 17.8 Å². The first-order valence-electron chi connectivity index (χ1n) is 6.61. The van der Waals surface area contributed by atoms with E-state index in [9.17, 15) is 0 Å². The molecule has 0 N–H and O–H groups in total. The van der Waals surface area contributed by atoms with Gasteiger partial charge in [-0.2, -0.15) is 0 Å². The highest BCUT2D eigenvalue weighted by Crippen LogP contribution is 2.36. The van der Waals surface area contributed by atoms with Crippen LogP contribution in [0.2, 0.25) is 0 Å². The second-order valence-electron chi connectivity index (χ2n) is 5.23. The zero-order valence-electron chi connectivity index (χ0n) is 11.0. The van der Waals surface area contributed by atoms with Crippen molar-refractivity contribution in [3.05, 3.63) is 0 Å². The maximum Gasteiger partial charge on any atom is -0.0414 e. The molecule has 0 spiro atoms. The second kappa shape index (κ2) is 8.32. The monoisotopic (exact) mass is 198 g/mol. The van der Waals surface area contributed by atoms with Crippen molar-refractivity contribution in [2.24, 2.45) is 17.8 Å². The largest absolute Gasteiger partial charge is 0.0654 e. The minimum Gasteiger partial charge on any atom is -0.0654 e. The second-order valence-corrected chi connectivity index (χ2v) is 5.23. The van der Waals surface area contributed by atoms with E-state index in [2.05, 4.69) is 34.6 Å². The Kier molecular flexibility index (Phi) is 8.32. The van der Waals surface area contributed by atoms with Gasteiger partial charge in [0.15, 0.2) is 0 Å². The molecule has 0 radical (unpaired) electrons. The molecule has 0 bridgehead atoms. The Labute approximate surface area is 91.5 Å². The number of hydrogen-bond donors (Lipinski definition) is 0. The highest BCUT2D eigenvalue weighted by atomic mass is 14.3. The van der Waals surface area contributed by atoms with Crippen LogP contribution in [0.1, 0.15) is 73.1 Å². The van der Waals surface area contributed by atoms with E-state index in [1.807, 2.05) is 0 Å². The highest BCUT2D eigenvalue weighted by Gasteiger charge is 2.26. The minimum absolute atomic E-state index is 1.05. The van der Waals surface area contributed by atoms with Gasteiger partial charge in [0.25, 0.3) is 0 Å². The molecule has 0 aromatic rings. The summed E-state index contributed by atoms with van der Waals surface area (Å²) in [6.07, 6.45) is 8.52. The minimum atomic E-state index is 1.05. The van der Waals surface area contributed by atoms with E-state index in [0.29, 0.717) is 0 Å². The van der Waals surface area contributed by atoms with Crippen LogP contribution in [-0.4, -0.2) is 0 Å². The quantitative estimate of drug-likeness (QED) is 0.566. The molecule has 86 valence electrons. The average Bonchev–Trinajstić information content (AvgIpc) is 3.01. The van der Waals surface area contributed by atoms with Crippen LogP contribution in [0.25, 0.3) is 0 Å². The maximum atomic E-state index is 2.30. The summed E-state index contributed by atoms with van der Waals surface area (Å²) in [4.78, 5) is 0. The van der Waals surface area contributed by atoms with E-state index in [1.54, 1.807) is 0 Å². The molecule has 2 aliphatic carbocycles. The molecule has 2 unspecified atom stereocenters. The molecular weight excluding hydrogens is 168 g/mol. The van der Waals surface area contributed by atoms with Crippen LogP contribution >= 0.6 is 0 Å². The molecule has 2 aliphatic rings. The number of rotatable bonds is 2. The van der Waals surface area contributed by atoms with Crippen molar-refractivity contribution in [3.8, 4) is 0 Å². The fourth-order valence-electron chi connectivity index (χ4n) is 1.03. The Morgan fingerprint density at radius 3 is 1.14 bits per heavy atom. The third kappa shape index (κ3) is 12.0. The lowest BCUT2D eigenvalue weighted by molar-refractivity contribution is 0.772. The summed E-state index contributed by atoms with van der Waals surface area (Å²) in [7, 11) is 0. The molecule has 2 fully saturated rings. The lowest BCUT2D eigenvalue weighted by Crippen LogP contribution is -1.59. The van der Waals surface area contributed by atoms with Crippen LogP contribution in [0.3, 0.4) is 0 Å². The van der Waals surface area contributed by atoms with Gasteiger partial charge in [-0.15, -0.1) is 0 Å². The molecule has 0 aromatic carbocycles. The Bertz CT molecular complexity index is 105. The fourth-order valence-corrected chi connectivity index (χ4v) is 1.03. The maximum absolute atomic E-state index is 2.30. The Morgan fingerprint density at radius 2 is 1.14 bits per heavy atom. The van der Waals surface area contributed by atoms with Crippen molar-refractivity contribution < 1.29 is 0 Å². The fraction of sp³-hybridized carbons (Fsp3) is 1.00. The SMILES string of the molecule is CC1CC1.CC1CC1C.CCCCC. The lowest BCUT2D eigenvalue weighted by atomic mass is 10.3. The molecule has 0 amide bonds. The van der Waals surface area contributed by atoms with Crippen LogP contribution in [-0.2, 0) is 0 Å². The molecule has 14 heavy (non-hydrogen) atoms. The predicted molar refractivity (Wildman–Crippen MR) is 66.5 cm³/mol. The van der Waals surface area contributed by atoms with Gasteiger partial charge in [-0.1, -0.05) is 66.7 Å². The van der Waals surface area contributed by atoms with Gasteiger partial charge in [-0.3, -0.25) is 0 Å². The molecule has 2 rings (SSSR count). The molecule has 0 heteroatoms. The van der Waals surface area contributed by atoms with Gasteiger partial charge in [-0.05, 0) is 24.2 Å². The van der Waals surface area contributed by atoms with Gasteiger partial charge in [-0.25, -0.2) is 0 Å². The van der Waals surface area contributed by atoms with Crippen molar-refractivity contribution in [2.45, 2.75) is 73.1 Å². The van der Waals surface area contributed by atoms with Gasteiger partial charge >= 0.3 is 0 Å². The standard InChI is InChI=1S/C5H10.C5H12.C4H8/c1-4-3-5(4)2;1-3-5-4-2;1-4-2-3-4/h4-5H,3H2,1-2H3;3-5H2,1-2H3;4H,2-3H2,1H3. The molecule has 0 saturated heterocycles. The Hall–Kier alpha value is 0. The van der Waals surface area contributed by atoms with Crippen LogP contribution in [0, 0.1) is 17.8 Å². The van der Waals surface area contributed by atoms with Crippen LogP contribution in [0.15, 0.2) is 0 Å². The van der Waals surface area contributed by atoms with Crippen molar-refractivity contribution in [3.63, 3.8) is 0 Å². The van der Waals surface area contributed by atoms with Gasteiger partial charge in [0, 0.05) is 0 Å². The summed E-state index contributed by atoms with van der Waals surface area (Å²) in [6, 6.07) is 0. The Morgan fingerprint density at radius 1 is 0.857 bits per heavy atom. The molecular formula is C14H30. The van der Waals surface area contributed by atoms with E-state index in [1.165, 1.54) is 38.5 Å². The topological polar surface area (TPSA) is 0 Å². The lowest BCUT2D eigenvalue weighted by Gasteiger charge is -1.79. The van der Waals surface area contributed by atoms with Crippen LogP contribution in [0.5, 0.6) is 0 Å². The smallest absolute Gasteiger partial charge is 0.0414 e. The zero-order valence-corrected chi connectivity index (χ0v) is 11.0. The van der Waals surface area contributed by atoms with E-state index in [4.69, 9.17) is 0 Å². The first-order valence-corrected chi connectivity index (χ1v) is 6.61. The summed E-state index contributed by atoms with van der Waals surface area (Å²) in [5.41, 5.74) is 0. The normalized spacial score (nSPS) is 28.1. The van der Waals surface area contributed by atoms with Gasteiger partial charge in [0.05, 0.1) is 0 Å². The van der Waals surface area contributed by atoms with Crippen molar-refractivity contribution in [1.29, 1.82) is 0 Å². The molecule has 2 atom stereocenters. The highest BCUT2D eigenvalue weighted by molar-refractivity contribution is 4.76. The van der Waals surface area contributed by atoms with Crippen LogP contribution in [0.4, 0.5) is 0 Å². The molecule has 0 heterocycles. The van der Waals surface area contributed by atoms with E-state index in [-0.39, 0.29) is 0 Å². The van der Waals surface area contributed by atoms with Crippen molar-refractivity contribution in [2.75, 3.05) is 0 Å². The molecule has 2 saturated carbocycles. The third-order valence-corrected chi connectivity index (χ3v) is 3.08. The third-order valence-electron chi connectivity index (χ3n) is 3.08. The Balaban J connectivity index is 0.000000182. The zero-order chi connectivity index (χ0) is 11.0. The summed E-state index contributed by atoms with van der Waals surface area (Å²) in [5.74, 6) is 3.19.